The Morgan fingerprint density at radius 2 is 1.68 bits per heavy atom. The van der Waals surface area contributed by atoms with Crippen molar-refractivity contribution in [2.24, 2.45) is 0 Å². The number of nitrogens with zero attached hydrogens (tertiary/aromatic N) is 2. The van der Waals surface area contributed by atoms with E-state index in [1.54, 1.807) is 38.1 Å². The fourth-order valence-corrected chi connectivity index (χ4v) is 4.93. The molecule has 15 heteroatoms. The molecule has 2 heterocycles. The van der Waals surface area contributed by atoms with E-state index in [-0.39, 0.29) is 16.7 Å². The lowest BCUT2D eigenvalue weighted by Crippen LogP contribution is -2.48. The van der Waals surface area contributed by atoms with Gasteiger partial charge in [-0.15, -0.1) is 0 Å². The van der Waals surface area contributed by atoms with Gasteiger partial charge in [-0.3, -0.25) is 9.52 Å². The molecule has 0 spiro atoms. The van der Waals surface area contributed by atoms with Gasteiger partial charge in [0, 0.05) is 12.2 Å². The maximum absolute atomic E-state index is 12.5. The molecule has 1 aromatic heterocycles. The van der Waals surface area contributed by atoms with Crippen LogP contribution in [0.15, 0.2) is 60.8 Å². The van der Waals surface area contributed by atoms with Gasteiger partial charge in [0.1, 0.15) is 16.5 Å². The van der Waals surface area contributed by atoms with Crippen LogP contribution in [0, 0.1) is 0 Å². The second-order valence-corrected chi connectivity index (χ2v) is 10.5. The van der Waals surface area contributed by atoms with Gasteiger partial charge in [0.2, 0.25) is 5.88 Å². The van der Waals surface area contributed by atoms with Crippen molar-refractivity contribution in [3.05, 3.63) is 76.9 Å². The average Bonchev–Trinajstić information content (AvgIpc) is 2.85. The number of para-hydroxylation sites is 1. The number of carbonyl (C=O) groups excluding carboxylic acids is 1. The van der Waals surface area contributed by atoms with Crippen LogP contribution in [0.25, 0.3) is 0 Å². The van der Waals surface area contributed by atoms with E-state index in [1.807, 2.05) is 0 Å². The van der Waals surface area contributed by atoms with Gasteiger partial charge in [0.05, 0.1) is 16.8 Å². The summed E-state index contributed by atoms with van der Waals surface area (Å²) in [5.41, 5.74) is -0.262. The van der Waals surface area contributed by atoms with Gasteiger partial charge < -0.3 is 14.6 Å². The third kappa shape index (κ3) is 7.33. The summed E-state index contributed by atoms with van der Waals surface area (Å²) in [4.78, 5) is 26.2. The van der Waals surface area contributed by atoms with Crippen LogP contribution < -0.4 is 14.2 Å². The molecule has 0 fully saturated rings. The van der Waals surface area contributed by atoms with Crippen molar-refractivity contribution in [2.75, 3.05) is 4.72 Å². The first-order chi connectivity index (χ1) is 18.6. The highest BCUT2D eigenvalue weighted by molar-refractivity contribution is 7.91. The fourth-order valence-electron chi connectivity index (χ4n) is 3.29. The molecule has 1 atom stereocenters. The van der Waals surface area contributed by atoms with Crippen LogP contribution in [0.4, 0.5) is 18.9 Å². The number of carboxylic acids is 1. The number of alkyl halides is 3. The number of aliphatic carboxylic acids is 1. The van der Waals surface area contributed by atoms with E-state index in [9.17, 15) is 31.2 Å². The van der Waals surface area contributed by atoms with E-state index in [0.717, 1.165) is 10.4 Å². The minimum absolute atomic E-state index is 0.183. The van der Waals surface area contributed by atoms with Gasteiger partial charge in [-0.05, 0) is 63.2 Å². The van der Waals surface area contributed by atoms with Gasteiger partial charge >= 0.3 is 22.4 Å². The molecule has 0 radical (unpaired) electrons. The number of carboxylic acid groups (broad SMARTS) is 1. The lowest BCUT2D eigenvalue weighted by atomic mass is 10.1. The molecule has 2 aromatic carbocycles. The number of benzene rings is 2. The summed E-state index contributed by atoms with van der Waals surface area (Å²) in [6.07, 6.45) is -4.95. The lowest BCUT2D eigenvalue weighted by molar-refractivity contribution is -0.144. The second kappa shape index (κ2) is 12.0. The molecule has 4 rings (SSSR count). The van der Waals surface area contributed by atoms with Crippen molar-refractivity contribution in [3.8, 4) is 17.4 Å². The zero-order chi connectivity index (χ0) is 29.8. The van der Waals surface area contributed by atoms with Crippen LogP contribution in [0.1, 0.15) is 36.7 Å². The minimum Gasteiger partial charge on any atom is -0.479 e. The van der Waals surface area contributed by atoms with Crippen molar-refractivity contribution in [1.82, 2.24) is 9.29 Å². The SMILES string of the molecule is CC(C)N1C(=O)c2ccccc2NS1(=O)=O.CC(Oc1ccc(Oc2ncc(C(F)(F)F)cc2Cl)cc1)C(=O)O. The summed E-state index contributed by atoms with van der Waals surface area (Å²) in [6, 6.07) is 12.7. The van der Waals surface area contributed by atoms with Crippen LogP contribution >= 0.6 is 11.6 Å². The molecule has 0 aliphatic carbocycles. The number of halogens is 4. The smallest absolute Gasteiger partial charge is 0.417 e. The standard InChI is InChI=1S/C15H11ClF3NO4.C10H12N2O3S/c1-8(14(21)22)23-10-2-4-11(5-3-10)24-13-12(16)6-9(7-20-13)15(17,18)19;1-7(2)12-10(13)8-5-3-4-6-9(8)11-16(12,14)15/h2-8H,1H3,(H,21,22);3-7,11H,1-2H3. The van der Waals surface area contributed by atoms with Crippen LogP contribution in [-0.2, 0) is 21.2 Å². The quantitative estimate of drug-likeness (QED) is 0.372. The summed E-state index contributed by atoms with van der Waals surface area (Å²) in [5.74, 6) is -1.24. The Balaban J connectivity index is 0.000000238. The van der Waals surface area contributed by atoms with Crippen LogP contribution in [0.2, 0.25) is 5.02 Å². The number of fused-ring (bicyclic) bond motifs is 1. The Kier molecular flexibility index (Phi) is 9.15. The molecule has 3 aromatic rings. The summed E-state index contributed by atoms with van der Waals surface area (Å²) < 4.78 is 74.9. The fraction of sp³-hybridized carbons (Fsp3) is 0.240. The molecule has 0 saturated heterocycles. The highest BCUT2D eigenvalue weighted by Crippen LogP contribution is 2.35. The molecule has 1 aliphatic rings. The van der Waals surface area contributed by atoms with Gasteiger partial charge in [-0.2, -0.15) is 21.6 Å². The van der Waals surface area contributed by atoms with Gasteiger partial charge in [-0.25, -0.2) is 14.1 Å². The first-order valence-corrected chi connectivity index (χ1v) is 13.3. The number of nitrogens with one attached hydrogen (secondary N) is 1. The van der Waals surface area contributed by atoms with Crippen molar-refractivity contribution in [1.29, 1.82) is 0 Å². The van der Waals surface area contributed by atoms with Gasteiger partial charge in [0.15, 0.2) is 6.10 Å². The van der Waals surface area contributed by atoms with Crippen molar-refractivity contribution in [3.63, 3.8) is 0 Å². The zero-order valence-corrected chi connectivity index (χ0v) is 22.7. The van der Waals surface area contributed by atoms with E-state index in [0.29, 0.717) is 23.2 Å². The summed E-state index contributed by atoms with van der Waals surface area (Å²) in [6.45, 7) is 4.69. The molecule has 1 aliphatic heterocycles. The van der Waals surface area contributed by atoms with E-state index in [1.165, 1.54) is 31.2 Å². The van der Waals surface area contributed by atoms with Crippen molar-refractivity contribution >= 4 is 39.4 Å². The molecular weight excluding hydrogens is 579 g/mol. The Labute approximate surface area is 232 Å². The van der Waals surface area contributed by atoms with Crippen molar-refractivity contribution < 1.29 is 45.8 Å². The predicted molar refractivity (Wildman–Crippen MR) is 139 cm³/mol. The number of hydrogen-bond acceptors (Lipinski definition) is 7. The van der Waals surface area contributed by atoms with E-state index in [4.69, 9.17) is 26.2 Å². The van der Waals surface area contributed by atoms with Crippen LogP contribution in [0.5, 0.6) is 17.4 Å². The number of hydrogen-bond donors (Lipinski definition) is 2. The molecule has 1 amide bonds. The number of anilines is 1. The normalized spacial score (nSPS) is 14.8. The number of rotatable bonds is 6. The van der Waals surface area contributed by atoms with Gasteiger partial charge in [-0.1, -0.05) is 23.7 Å². The lowest BCUT2D eigenvalue weighted by Gasteiger charge is -2.31. The summed E-state index contributed by atoms with van der Waals surface area (Å²) in [7, 11) is -3.75. The molecule has 0 saturated carbocycles. The third-order valence-electron chi connectivity index (χ3n) is 5.16. The largest absolute Gasteiger partial charge is 0.479 e. The molecular formula is C25H23ClF3N3O7S. The number of carbonyl (C=O) groups is 2. The molecule has 214 valence electrons. The van der Waals surface area contributed by atoms with Crippen molar-refractivity contribution in [2.45, 2.75) is 39.1 Å². The highest BCUT2D eigenvalue weighted by Gasteiger charge is 2.37. The number of pyridine rings is 1. The Hall–Kier alpha value is -4.04. The van der Waals surface area contributed by atoms with E-state index < -0.39 is 46.0 Å². The number of aromatic nitrogens is 1. The molecule has 2 N–H and O–H groups in total. The number of amides is 1. The monoisotopic (exact) mass is 601 g/mol. The first kappa shape index (κ1) is 30.5. The predicted octanol–water partition coefficient (Wildman–Crippen LogP) is 5.61. The molecule has 1 unspecified atom stereocenters. The Morgan fingerprint density at radius 3 is 2.23 bits per heavy atom. The van der Waals surface area contributed by atoms with E-state index >= 15 is 0 Å². The molecule has 0 bridgehead atoms. The highest BCUT2D eigenvalue weighted by atomic mass is 35.5. The second-order valence-electron chi connectivity index (χ2n) is 8.53. The first-order valence-electron chi connectivity index (χ1n) is 11.5. The maximum atomic E-state index is 12.5. The maximum Gasteiger partial charge on any atom is 0.417 e. The summed E-state index contributed by atoms with van der Waals surface area (Å²) >= 11 is 5.74. The molecule has 10 nitrogen and oxygen atoms in total. The topological polar surface area (TPSA) is 135 Å². The zero-order valence-electron chi connectivity index (χ0n) is 21.1. The van der Waals surface area contributed by atoms with Crippen LogP contribution in [0.3, 0.4) is 0 Å². The third-order valence-corrected chi connectivity index (χ3v) is 7.01. The Bertz CT molecular complexity index is 1500. The summed E-state index contributed by atoms with van der Waals surface area (Å²) in [5, 5.41) is 8.46. The number of ether oxygens (including phenoxy) is 2. The van der Waals surface area contributed by atoms with E-state index in [2.05, 4.69) is 9.71 Å². The van der Waals surface area contributed by atoms with Gasteiger partial charge in [0.25, 0.3) is 5.91 Å². The minimum atomic E-state index is -4.55. The Morgan fingerprint density at radius 1 is 1.07 bits per heavy atom. The molecule has 40 heavy (non-hydrogen) atoms. The average molecular weight is 602 g/mol. The van der Waals surface area contributed by atoms with Crippen LogP contribution in [-0.4, -0.2) is 46.8 Å².